The topological polar surface area (TPSA) is 9.86 Å². The van der Waals surface area contributed by atoms with Crippen molar-refractivity contribution in [3.8, 4) is 55.9 Å². The van der Waals surface area contributed by atoms with Gasteiger partial charge < -0.3 is 9.13 Å². The maximum absolute atomic E-state index is 2.49. The van der Waals surface area contributed by atoms with Crippen molar-refractivity contribution in [2.45, 2.75) is 19.3 Å². The van der Waals surface area contributed by atoms with Gasteiger partial charge in [0.25, 0.3) is 0 Å². The lowest BCUT2D eigenvalue weighted by molar-refractivity contribution is 0.660. The summed E-state index contributed by atoms with van der Waals surface area (Å²) in [6, 6.07) is 85.6. The van der Waals surface area contributed by atoms with Gasteiger partial charge in [0.2, 0.25) is 0 Å². The number of para-hydroxylation sites is 3. The van der Waals surface area contributed by atoms with E-state index in [9.17, 15) is 0 Å². The lowest BCUT2D eigenvalue weighted by Crippen LogP contribution is -2.15. The van der Waals surface area contributed by atoms with Crippen molar-refractivity contribution in [1.29, 1.82) is 0 Å². The molecule has 13 aromatic rings. The zero-order chi connectivity index (χ0) is 44.4. The Bertz CT molecular complexity index is 4110. The van der Waals surface area contributed by atoms with Gasteiger partial charge in [-0.15, -0.1) is 0 Å². The summed E-state index contributed by atoms with van der Waals surface area (Å²) >= 11 is 0. The van der Waals surface area contributed by atoms with Gasteiger partial charge in [0.05, 0.1) is 22.1 Å². The molecule has 0 unspecified atom stereocenters. The molecule has 314 valence electrons. The van der Waals surface area contributed by atoms with Gasteiger partial charge in [0.1, 0.15) is 0 Å². The molecule has 0 saturated heterocycles. The van der Waals surface area contributed by atoms with Gasteiger partial charge in [-0.25, -0.2) is 0 Å². The maximum atomic E-state index is 2.49. The predicted molar refractivity (Wildman–Crippen MR) is 284 cm³/mol. The number of fused-ring (bicyclic) bond motifs is 11. The van der Waals surface area contributed by atoms with E-state index >= 15 is 0 Å². The molecule has 0 fully saturated rings. The van der Waals surface area contributed by atoms with Gasteiger partial charge in [-0.3, -0.25) is 0 Å². The van der Waals surface area contributed by atoms with E-state index in [4.69, 9.17) is 0 Å². The Labute approximate surface area is 389 Å². The monoisotopic (exact) mass is 852 g/mol. The summed E-state index contributed by atoms with van der Waals surface area (Å²) in [7, 11) is 0. The average Bonchev–Trinajstić information content (AvgIpc) is 3.98. The predicted octanol–water partition coefficient (Wildman–Crippen LogP) is 17.5. The fourth-order valence-electron chi connectivity index (χ4n) is 11.8. The third-order valence-electron chi connectivity index (χ3n) is 14.9. The second-order valence-electron chi connectivity index (χ2n) is 18.8. The second kappa shape index (κ2) is 14.3. The SMILES string of the molecule is CC1(C)c2cc(-c3c4ccccc4c(-c4ccccc4)c4ccccc34)ccc2-c2ccc(-n3c4ccccc4c4cc(-c5ccc6c(c5)c5ccccc5n6-c5ccccc5)ccc43)cc21. The van der Waals surface area contributed by atoms with Crippen molar-refractivity contribution in [2.24, 2.45) is 0 Å². The fourth-order valence-corrected chi connectivity index (χ4v) is 11.8. The van der Waals surface area contributed by atoms with Crippen molar-refractivity contribution in [2.75, 3.05) is 0 Å². The van der Waals surface area contributed by atoms with Crippen molar-refractivity contribution in [3.63, 3.8) is 0 Å². The molecule has 0 aliphatic heterocycles. The van der Waals surface area contributed by atoms with Gasteiger partial charge in [0.15, 0.2) is 0 Å². The van der Waals surface area contributed by atoms with Crippen molar-refractivity contribution in [1.82, 2.24) is 9.13 Å². The molecule has 0 radical (unpaired) electrons. The largest absolute Gasteiger partial charge is 0.309 e. The molecule has 0 spiro atoms. The van der Waals surface area contributed by atoms with Crippen LogP contribution >= 0.6 is 0 Å². The van der Waals surface area contributed by atoms with Crippen LogP contribution < -0.4 is 0 Å². The first-order valence-electron chi connectivity index (χ1n) is 23.4. The summed E-state index contributed by atoms with van der Waals surface area (Å²) < 4.78 is 4.86. The Balaban J connectivity index is 0.884. The van der Waals surface area contributed by atoms with Crippen LogP contribution in [0.5, 0.6) is 0 Å². The Morgan fingerprint density at radius 3 is 1.22 bits per heavy atom. The molecule has 0 amide bonds. The van der Waals surface area contributed by atoms with E-state index in [0.717, 1.165) is 0 Å². The second-order valence-corrected chi connectivity index (χ2v) is 18.8. The summed E-state index contributed by atoms with van der Waals surface area (Å²) in [4.78, 5) is 0. The standard InChI is InChI=1S/C65H44N2/c1-65(2)57-39-44(64-53-25-11-9-23-51(53)63(41-17-5-3-6-18-41)52-24-10-12-26-54(52)64)29-33-47(57)48-34-32-46(40-58(48)65)67-60-28-16-14-22-50(60)56-38-43(31-36-62(56)67)42-30-35-61-55(37-42)49-21-13-15-27-59(49)66(61)45-19-7-4-8-20-45/h3-40H,1-2H3. The van der Waals surface area contributed by atoms with Crippen LogP contribution in [0.25, 0.3) is 121 Å². The zero-order valence-corrected chi connectivity index (χ0v) is 37.3. The Hall–Kier alpha value is -8.46. The molecule has 0 atom stereocenters. The van der Waals surface area contributed by atoms with Crippen LogP contribution in [0.3, 0.4) is 0 Å². The smallest absolute Gasteiger partial charge is 0.0541 e. The van der Waals surface area contributed by atoms with Gasteiger partial charge in [-0.05, 0) is 144 Å². The number of hydrogen-bond donors (Lipinski definition) is 0. The minimum atomic E-state index is -0.222. The van der Waals surface area contributed by atoms with Gasteiger partial charge in [-0.1, -0.05) is 178 Å². The molecule has 0 N–H and O–H groups in total. The quantitative estimate of drug-likeness (QED) is 0.153. The molecule has 2 heteroatoms. The van der Waals surface area contributed by atoms with E-state index in [2.05, 4.69) is 254 Å². The Kier molecular flexibility index (Phi) is 8.06. The number of nitrogens with zero attached hydrogens (tertiary/aromatic N) is 2. The van der Waals surface area contributed by atoms with Crippen LogP contribution in [0, 0.1) is 0 Å². The van der Waals surface area contributed by atoms with E-state index in [1.54, 1.807) is 0 Å². The normalized spacial score (nSPS) is 13.0. The molecule has 0 saturated carbocycles. The number of hydrogen-bond acceptors (Lipinski definition) is 0. The van der Waals surface area contributed by atoms with Gasteiger partial charge >= 0.3 is 0 Å². The minimum Gasteiger partial charge on any atom is -0.309 e. The average molecular weight is 853 g/mol. The first-order chi connectivity index (χ1) is 33.0. The molecule has 0 bridgehead atoms. The van der Waals surface area contributed by atoms with E-state index in [-0.39, 0.29) is 5.41 Å². The summed E-state index contributed by atoms with van der Waals surface area (Å²) in [6.45, 7) is 4.82. The minimum absolute atomic E-state index is 0.222. The molecule has 2 nitrogen and oxygen atoms in total. The van der Waals surface area contributed by atoms with Crippen LogP contribution in [0.2, 0.25) is 0 Å². The van der Waals surface area contributed by atoms with E-state index in [1.807, 2.05) is 0 Å². The summed E-state index contributed by atoms with van der Waals surface area (Å²) in [5.74, 6) is 0. The third-order valence-corrected chi connectivity index (χ3v) is 14.9. The van der Waals surface area contributed by atoms with E-state index < -0.39 is 0 Å². The molecule has 11 aromatic carbocycles. The first-order valence-corrected chi connectivity index (χ1v) is 23.4. The van der Waals surface area contributed by atoms with E-state index in [0.29, 0.717) is 0 Å². The highest BCUT2D eigenvalue weighted by atomic mass is 15.0. The molecule has 1 aliphatic rings. The fraction of sp³-hybridized carbons (Fsp3) is 0.0462. The Morgan fingerprint density at radius 1 is 0.269 bits per heavy atom. The first kappa shape index (κ1) is 37.9. The molecular weight excluding hydrogens is 809 g/mol. The summed E-state index contributed by atoms with van der Waals surface area (Å²) in [6.07, 6.45) is 0. The van der Waals surface area contributed by atoms with Crippen molar-refractivity contribution in [3.05, 3.63) is 242 Å². The zero-order valence-electron chi connectivity index (χ0n) is 37.3. The van der Waals surface area contributed by atoms with Gasteiger partial charge in [0, 0.05) is 38.3 Å². The van der Waals surface area contributed by atoms with Crippen LogP contribution in [-0.2, 0) is 5.41 Å². The molecule has 1 aliphatic carbocycles. The number of aromatic nitrogens is 2. The van der Waals surface area contributed by atoms with Crippen molar-refractivity contribution >= 4 is 65.2 Å². The highest BCUT2D eigenvalue weighted by molar-refractivity contribution is 6.21. The lowest BCUT2D eigenvalue weighted by Gasteiger charge is -2.23. The number of benzene rings is 11. The van der Waals surface area contributed by atoms with Crippen molar-refractivity contribution < 1.29 is 0 Å². The van der Waals surface area contributed by atoms with Crippen LogP contribution in [0.1, 0.15) is 25.0 Å². The molecular formula is C65H44N2. The lowest BCUT2D eigenvalue weighted by atomic mass is 9.80. The Morgan fingerprint density at radius 2 is 0.672 bits per heavy atom. The van der Waals surface area contributed by atoms with Crippen LogP contribution in [0.15, 0.2) is 231 Å². The molecule has 2 heterocycles. The summed E-state index contributed by atoms with van der Waals surface area (Å²) in [5, 5.41) is 10.2. The molecule has 14 rings (SSSR count). The molecule has 2 aromatic heterocycles. The van der Waals surface area contributed by atoms with E-state index in [1.165, 1.54) is 132 Å². The third kappa shape index (κ3) is 5.51. The van der Waals surface area contributed by atoms with Crippen LogP contribution in [-0.4, -0.2) is 9.13 Å². The highest BCUT2D eigenvalue weighted by Gasteiger charge is 2.36. The molecule has 67 heavy (non-hydrogen) atoms. The highest BCUT2D eigenvalue weighted by Crippen LogP contribution is 2.52. The van der Waals surface area contributed by atoms with Gasteiger partial charge in [-0.2, -0.15) is 0 Å². The summed E-state index contributed by atoms with van der Waals surface area (Å²) in [5.41, 5.74) is 19.9. The van der Waals surface area contributed by atoms with Crippen LogP contribution in [0.4, 0.5) is 0 Å². The maximum Gasteiger partial charge on any atom is 0.0541 e. The number of rotatable bonds is 5.